The van der Waals surface area contributed by atoms with E-state index < -0.39 is 5.60 Å². The molecular formula is C38H55ClN4O4. The van der Waals surface area contributed by atoms with Crippen molar-refractivity contribution in [1.82, 2.24) is 15.1 Å². The van der Waals surface area contributed by atoms with E-state index in [0.29, 0.717) is 34.4 Å². The predicted molar refractivity (Wildman–Crippen MR) is 189 cm³/mol. The number of aromatic hydroxyl groups is 1. The highest BCUT2D eigenvalue weighted by Gasteiger charge is 2.51. The van der Waals surface area contributed by atoms with Gasteiger partial charge in [-0.15, -0.1) is 0 Å². The summed E-state index contributed by atoms with van der Waals surface area (Å²) in [6, 6.07) is 15.5. The van der Waals surface area contributed by atoms with E-state index in [2.05, 4.69) is 57.1 Å². The molecule has 0 atom stereocenters. The molecule has 1 aliphatic heterocycles. The van der Waals surface area contributed by atoms with Gasteiger partial charge in [0, 0.05) is 43.8 Å². The minimum absolute atomic E-state index is 0.0731. The molecule has 47 heavy (non-hydrogen) atoms. The molecule has 1 saturated heterocycles. The van der Waals surface area contributed by atoms with Crippen molar-refractivity contribution in [1.29, 1.82) is 5.26 Å². The van der Waals surface area contributed by atoms with Gasteiger partial charge in [-0.2, -0.15) is 5.26 Å². The van der Waals surface area contributed by atoms with Gasteiger partial charge < -0.3 is 20.1 Å². The molecule has 3 aliphatic rings. The second kappa shape index (κ2) is 16.3. The fraction of sp³-hybridized carbons (Fsp3) is 0.605. The number of hydrogen-bond donors (Lipinski definition) is 2. The maximum absolute atomic E-state index is 12.2. The Labute approximate surface area is 287 Å². The highest BCUT2D eigenvalue weighted by molar-refractivity contribution is 6.31. The Morgan fingerprint density at radius 3 is 2.00 bits per heavy atom. The summed E-state index contributed by atoms with van der Waals surface area (Å²) in [5.41, 5.74) is 3.07. The fourth-order valence-electron chi connectivity index (χ4n) is 7.90. The number of nitriles is 1. The lowest BCUT2D eigenvalue weighted by Crippen LogP contribution is -2.61. The SMILES string of the molecule is CC(C)(C)OC(=O)N1CCN(C2CCC(c3ccc(C=O)cc3)CC2)CC1.CNC1C(C)(C)CC1(C)C.N#Cc1ccc(O)cc1Cl. The quantitative estimate of drug-likeness (QED) is 0.318. The van der Waals surface area contributed by atoms with Crippen LogP contribution in [-0.4, -0.2) is 78.2 Å². The number of ether oxygens (including phenoxy) is 1. The van der Waals surface area contributed by atoms with Crippen LogP contribution in [-0.2, 0) is 4.74 Å². The smallest absolute Gasteiger partial charge is 0.410 e. The number of hydrogen-bond acceptors (Lipinski definition) is 7. The first-order chi connectivity index (χ1) is 22.0. The van der Waals surface area contributed by atoms with E-state index in [1.807, 2.05) is 43.9 Å². The summed E-state index contributed by atoms with van der Waals surface area (Å²) in [6.07, 6.45) is 6.83. The van der Waals surface area contributed by atoms with E-state index in [1.165, 1.54) is 55.9 Å². The number of amides is 1. The van der Waals surface area contributed by atoms with Crippen LogP contribution in [0.2, 0.25) is 5.02 Å². The molecule has 0 bridgehead atoms. The Morgan fingerprint density at radius 2 is 1.57 bits per heavy atom. The first-order valence-electron chi connectivity index (χ1n) is 16.8. The highest BCUT2D eigenvalue weighted by Crippen LogP contribution is 2.53. The number of benzene rings is 2. The van der Waals surface area contributed by atoms with Crippen molar-refractivity contribution in [2.24, 2.45) is 10.8 Å². The molecule has 2 N–H and O–H groups in total. The second-order valence-electron chi connectivity index (χ2n) is 15.4. The predicted octanol–water partition coefficient (Wildman–Crippen LogP) is 8.03. The van der Waals surface area contributed by atoms with Gasteiger partial charge >= 0.3 is 6.09 Å². The molecule has 0 radical (unpaired) electrons. The summed E-state index contributed by atoms with van der Waals surface area (Å²) >= 11 is 5.55. The summed E-state index contributed by atoms with van der Waals surface area (Å²) in [4.78, 5) is 27.4. The first-order valence-corrected chi connectivity index (χ1v) is 17.2. The minimum atomic E-state index is -0.434. The monoisotopic (exact) mass is 666 g/mol. The third-order valence-electron chi connectivity index (χ3n) is 9.56. The molecule has 1 heterocycles. The van der Waals surface area contributed by atoms with Crippen LogP contribution < -0.4 is 5.32 Å². The van der Waals surface area contributed by atoms with Crippen LogP contribution in [0.25, 0.3) is 0 Å². The molecule has 2 aromatic rings. The number of aldehydes is 1. The summed E-state index contributed by atoms with van der Waals surface area (Å²) in [5.74, 6) is 0.675. The van der Waals surface area contributed by atoms with Crippen LogP contribution in [0.1, 0.15) is 108 Å². The van der Waals surface area contributed by atoms with Gasteiger partial charge in [0.2, 0.25) is 0 Å². The van der Waals surface area contributed by atoms with Crippen LogP contribution in [0, 0.1) is 22.2 Å². The summed E-state index contributed by atoms with van der Waals surface area (Å²) in [5, 5.41) is 20.9. The van der Waals surface area contributed by atoms with Crippen LogP contribution in [0.3, 0.4) is 0 Å². The van der Waals surface area contributed by atoms with Gasteiger partial charge in [-0.25, -0.2) is 4.79 Å². The lowest BCUT2D eigenvalue weighted by molar-refractivity contribution is -0.0364. The molecule has 2 saturated carbocycles. The van der Waals surface area contributed by atoms with Gasteiger partial charge in [-0.3, -0.25) is 9.69 Å². The Balaban J connectivity index is 0.000000244. The molecule has 0 aromatic heterocycles. The fourth-order valence-corrected chi connectivity index (χ4v) is 8.12. The van der Waals surface area contributed by atoms with Gasteiger partial charge in [0.15, 0.2) is 0 Å². The molecule has 8 nitrogen and oxygen atoms in total. The van der Waals surface area contributed by atoms with Gasteiger partial charge in [0.1, 0.15) is 23.7 Å². The van der Waals surface area contributed by atoms with E-state index in [4.69, 9.17) is 26.7 Å². The zero-order chi connectivity index (χ0) is 35.0. The molecular weight excluding hydrogens is 612 g/mol. The maximum Gasteiger partial charge on any atom is 0.410 e. The molecule has 5 rings (SSSR count). The Morgan fingerprint density at radius 1 is 1.00 bits per heavy atom. The van der Waals surface area contributed by atoms with Crippen LogP contribution in [0.15, 0.2) is 42.5 Å². The van der Waals surface area contributed by atoms with Gasteiger partial charge in [-0.05, 0) is 100 Å². The zero-order valence-corrected chi connectivity index (χ0v) is 30.4. The van der Waals surface area contributed by atoms with E-state index >= 15 is 0 Å². The lowest BCUT2D eigenvalue weighted by atomic mass is 9.52. The number of halogens is 1. The maximum atomic E-state index is 12.2. The van der Waals surface area contributed by atoms with Gasteiger partial charge in [-0.1, -0.05) is 63.6 Å². The van der Waals surface area contributed by atoms with E-state index in [1.54, 1.807) is 0 Å². The standard InChI is InChI=1S/C22H32N2O3.C9H19N.C7H4ClNO/c1-22(2,3)27-21(26)24-14-12-23(13-15-24)20-10-8-19(9-11-20)18-6-4-17(16-25)5-7-18;1-8(2)6-9(3,4)7(8)10-5;8-7-3-6(10)2-1-5(7)4-9/h4-7,16,19-20H,8-15H2,1-3H3;7,10H,6H2,1-5H3;1-3,10H. The summed E-state index contributed by atoms with van der Waals surface area (Å²) in [6.45, 7) is 18.4. The first kappa shape index (κ1) is 38.3. The van der Waals surface area contributed by atoms with E-state index in [9.17, 15) is 9.59 Å². The molecule has 0 unspecified atom stereocenters. The topological polar surface area (TPSA) is 106 Å². The number of phenolic OH excluding ortho intramolecular Hbond substituents is 1. The average molecular weight is 667 g/mol. The Kier molecular flexibility index (Phi) is 13.3. The van der Waals surface area contributed by atoms with Gasteiger partial charge in [0.05, 0.1) is 10.6 Å². The average Bonchev–Trinajstić information content (AvgIpc) is 3.00. The number of piperazine rings is 1. The van der Waals surface area contributed by atoms with Crippen molar-refractivity contribution in [3.63, 3.8) is 0 Å². The van der Waals surface area contributed by atoms with Crippen molar-refractivity contribution in [2.45, 2.75) is 104 Å². The van der Waals surface area contributed by atoms with Crippen molar-refractivity contribution in [3.8, 4) is 11.8 Å². The van der Waals surface area contributed by atoms with E-state index in [-0.39, 0.29) is 16.9 Å². The molecule has 258 valence electrons. The van der Waals surface area contributed by atoms with Crippen molar-refractivity contribution >= 4 is 24.0 Å². The minimum Gasteiger partial charge on any atom is -0.508 e. The van der Waals surface area contributed by atoms with Gasteiger partial charge in [0.25, 0.3) is 0 Å². The zero-order valence-electron chi connectivity index (χ0n) is 29.6. The number of rotatable bonds is 4. The van der Waals surface area contributed by atoms with Crippen LogP contribution >= 0.6 is 11.6 Å². The van der Waals surface area contributed by atoms with E-state index in [0.717, 1.165) is 38.0 Å². The van der Waals surface area contributed by atoms with Crippen LogP contribution in [0.5, 0.6) is 5.75 Å². The number of nitrogens with one attached hydrogen (secondary N) is 1. The number of carbonyl (C=O) groups excluding carboxylic acids is 2. The third-order valence-corrected chi connectivity index (χ3v) is 9.87. The molecule has 2 aromatic carbocycles. The number of carbonyl (C=O) groups is 2. The Bertz CT molecular complexity index is 1350. The van der Waals surface area contributed by atoms with Crippen molar-refractivity contribution in [3.05, 3.63) is 64.2 Å². The van der Waals surface area contributed by atoms with Crippen molar-refractivity contribution < 1.29 is 19.4 Å². The Hall–Kier alpha value is -3.12. The normalized spacial score (nSPS) is 22.3. The summed E-state index contributed by atoms with van der Waals surface area (Å²) < 4.78 is 5.48. The molecule has 3 fully saturated rings. The lowest BCUT2D eigenvalue weighted by Gasteiger charge is -2.57. The molecule has 1 amide bonds. The molecule has 9 heteroatoms. The number of nitrogens with zero attached hydrogens (tertiary/aromatic N) is 3. The molecule has 0 spiro atoms. The highest BCUT2D eigenvalue weighted by atomic mass is 35.5. The summed E-state index contributed by atoms with van der Waals surface area (Å²) in [7, 11) is 2.06. The van der Waals surface area contributed by atoms with Crippen molar-refractivity contribution in [2.75, 3.05) is 33.2 Å². The second-order valence-corrected chi connectivity index (χ2v) is 15.9. The van der Waals surface area contributed by atoms with Crippen LogP contribution in [0.4, 0.5) is 4.79 Å². The molecule has 2 aliphatic carbocycles. The number of phenols is 1. The third kappa shape index (κ3) is 11.0. The largest absolute Gasteiger partial charge is 0.508 e.